The highest BCUT2D eigenvalue weighted by atomic mass is 32.1. The standard InChI is InChI=1S/C29H25N3O4S/c1-18-25(27(33)31-21-9-5-4-6-10-21)26(20-8-7-11-23(17-20)36-3)32-28(34)24(37-29(32)30-18)16-19-12-14-22(35-2)15-13-19/h4-17,26H,1-3H3,(H,31,33)/b24-16-. The number of methoxy groups -OCH3 is 2. The lowest BCUT2D eigenvalue weighted by Crippen LogP contribution is -2.40. The van der Waals surface area contributed by atoms with Gasteiger partial charge in [0, 0.05) is 5.69 Å². The van der Waals surface area contributed by atoms with Gasteiger partial charge in [-0.3, -0.25) is 14.2 Å². The van der Waals surface area contributed by atoms with Gasteiger partial charge in [0.05, 0.1) is 36.1 Å². The van der Waals surface area contributed by atoms with E-state index in [9.17, 15) is 9.59 Å². The first kappa shape index (κ1) is 24.3. The Bertz CT molecular complexity index is 1670. The van der Waals surface area contributed by atoms with E-state index >= 15 is 0 Å². The number of ether oxygens (including phenoxy) is 2. The van der Waals surface area contributed by atoms with E-state index in [0.717, 1.165) is 16.9 Å². The Kier molecular flexibility index (Phi) is 6.74. The molecule has 1 aliphatic heterocycles. The Morgan fingerprint density at radius 1 is 0.973 bits per heavy atom. The number of nitrogens with one attached hydrogen (secondary N) is 1. The number of allylic oxidation sites excluding steroid dienone is 1. The van der Waals surface area contributed by atoms with Crippen molar-refractivity contribution in [1.29, 1.82) is 0 Å². The lowest BCUT2D eigenvalue weighted by Gasteiger charge is -2.25. The number of nitrogens with zero attached hydrogens (tertiary/aromatic N) is 2. The number of carbonyl (C=O) groups is 1. The summed E-state index contributed by atoms with van der Waals surface area (Å²) >= 11 is 1.30. The number of amides is 1. The average Bonchev–Trinajstić information content (AvgIpc) is 3.22. The van der Waals surface area contributed by atoms with Crippen molar-refractivity contribution in [3.05, 3.63) is 121 Å². The molecule has 5 rings (SSSR count). The van der Waals surface area contributed by atoms with Crippen LogP contribution in [0.25, 0.3) is 6.08 Å². The minimum atomic E-state index is -0.673. The number of para-hydroxylation sites is 1. The molecule has 0 bridgehead atoms. The summed E-state index contributed by atoms with van der Waals surface area (Å²) in [6.07, 6.45) is 1.83. The van der Waals surface area contributed by atoms with Crippen LogP contribution in [-0.4, -0.2) is 24.7 Å². The Morgan fingerprint density at radius 2 is 1.70 bits per heavy atom. The summed E-state index contributed by atoms with van der Waals surface area (Å²) in [5.74, 6) is 1.06. The van der Waals surface area contributed by atoms with Crippen molar-refractivity contribution in [3.8, 4) is 11.5 Å². The van der Waals surface area contributed by atoms with Gasteiger partial charge in [-0.1, -0.05) is 53.8 Å². The van der Waals surface area contributed by atoms with Gasteiger partial charge in [-0.15, -0.1) is 0 Å². The van der Waals surface area contributed by atoms with Gasteiger partial charge in [0.15, 0.2) is 4.80 Å². The van der Waals surface area contributed by atoms with E-state index in [0.29, 0.717) is 32.0 Å². The number of thiazole rings is 1. The lowest BCUT2D eigenvalue weighted by molar-refractivity contribution is -0.113. The number of fused-ring (bicyclic) bond motifs is 1. The van der Waals surface area contributed by atoms with E-state index in [1.165, 1.54) is 11.3 Å². The molecule has 1 N–H and O–H groups in total. The molecule has 2 heterocycles. The molecule has 0 radical (unpaired) electrons. The van der Waals surface area contributed by atoms with Crippen LogP contribution in [0, 0.1) is 0 Å². The Morgan fingerprint density at radius 3 is 2.41 bits per heavy atom. The first-order chi connectivity index (χ1) is 18.0. The van der Waals surface area contributed by atoms with Gasteiger partial charge in [-0.05, 0) is 60.5 Å². The minimum Gasteiger partial charge on any atom is -0.497 e. The number of anilines is 1. The third-order valence-corrected chi connectivity index (χ3v) is 7.10. The van der Waals surface area contributed by atoms with Crippen LogP contribution in [-0.2, 0) is 4.79 Å². The highest BCUT2D eigenvalue weighted by Gasteiger charge is 2.32. The second-order valence-corrected chi connectivity index (χ2v) is 9.46. The molecule has 0 spiro atoms. The maximum atomic E-state index is 13.8. The molecule has 4 aromatic rings. The summed E-state index contributed by atoms with van der Waals surface area (Å²) in [6, 6.07) is 23.4. The van der Waals surface area contributed by atoms with Crippen LogP contribution in [0.15, 0.2) is 99.9 Å². The topological polar surface area (TPSA) is 81.9 Å². The quantitative estimate of drug-likeness (QED) is 0.426. The fourth-order valence-electron chi connectivity index (χ4n) is 4.31. The minimum absolute atomic E-state index is 0.218. The zero-order chi connectivity index (χ0) is 25.9. The normalized spacial score (nSPS) is 15.1. The number of carbonyl (C=O) groups excluding carboxylic acids is 1. The molecule has 1 unspecified atom stereocenters. The molecular weight excluding hydrogens is 486 g/mol. The molecule has 1 aliphatic rings. The average molecular weight is 512 g/mol. The molecule has 0 saturated carbocycles. The van der Waals surface area contributed by atoms with Crippen molar-refractivity contribution < 1.29 is 14.3 Å². The lowest BCUT2D eigenvalue weighted by atomic mass is 9.95. The maximum absolute atomic E-state index is 13.8. The van der Waals surface area contributed by atoms with E-state index in [-0.39, 0.29) is 11.5 Å². The summed E-state index contributed by atoms with van der Waals surface area (Å²) in [4.78, 5) is 32.6. The van der Waals surface area contributed by atoms with Gasteiger partial charge in [0.2, 0.25) is 0 Å². The van der Waals surface area contributed by atoms with Crippen LogP contribution < -0.4 is 29.7 Å². The molecule has 186 valence electrons. The second-order valence-electron chi connectivity index (χ2n) is 8.45. The van der Waals surface area contributed by atoms with Crippen LogP contribution in [0.2, 0.25) is 0 Å². The van der Waals surface area contributed by atoms with Crippen LogP contribution >= 0.6 is 11.3 Å². The van der Waals surface area contributed by atoms with Gasteiger partial charge in [0.1, 0.15) is 11.5 Å². The molecule has 1 atom stereocenters. The molecule has 3 aromatic carbocycles. The molecule has 37 heavy (non-hydrogen) atoms. The van der Waals surface area contributed by atoms with Crippen molar-refractivity contribution in [2.24, 2.45) is 4.99 Å². The van der Waals surface area contributed by atoms with Gasteiger partial charge in [0.25, 0.3) is 11.5 Å². The van der Waals surface area contributed by atoms with Gasteiger partial charge < -0.3 is 14.8 Å². The summed E-state index contributed by atoms with van der Waals surface area (Å²) in [5.41, 5.74) is 3.02. The molecular formula is C29H25N3O4S. The second kappa shape index (κ2) is 10.3. The van der Waals surface area contributed by atoms with E-state index in [4.69, 9.17) is 9.47 Å². The van der Waals surface area contributed by atoms with Gasteiger partial charge in [-0.2, -0.15) is 0 Å². The molecule has 0 aliphatic carbocycles. The highest BCUT2D eigenvalue weighted by molar-refractivity contribution is 7.07. The summed E-state index contributed by atoms with van der Waals surface area (Å²) in [5, 5.41) is 2.96. The molecule has 1 aromatic heterocycles. The van der Waals surface area contributed by atoms with Crippen molar-refractivity contribution in [2.75, 3.05) is 19.5 Å². The van der Waals surface area contributed by atoms with Gasteiger partial charge >= 0.3 is 0 Å². The number of rotatable bonds is 6. The third-order valence-electron chi connectivity index (χ3n) is 6.12. The number of hydrogen-bond acceptors (Lipinski definition) is 6. The first-order valence-electron chi connectivity index (χ1n) is 11.7. The van der Waals surface area contributed by atoms with Crippen molar-refractivity contribution in [1.82, 2.24) is 4.57 Å². The van der Waals surface area contributed by atoms with Crippen LogP contribution in [0.5, 0.6) is 11.5 Å². The molecule has 1 amide bonds. The first-order valence-corrected chi connectivity index (χ1v) is 12.5. The van der Waals surface area contributed by atoms with E-state index in [1.807, 2.05) is 84.9 Å². The molecule has 8 heteroatoms. The Hall–Kier alpha value is -4.43. The SMILES string of the molecule is COc1ccc(/C=c2\sc3n(c2=O)C(c2cccc(OC)c2)C(C(=O)Nc2ccccc2)=C(C)N=3)cc1. The fraction of sp³-hybridized carbons (Fsp3) is 0.138. The van der Waals surface area contributed by atoms with Crippen LogP contribution in [0.4, 0.5) is 5.69 Å². The summed E-state index contributed by atoms with van der Waals surface area (Å²) in [7, 11) is 3.20. The van der Waals surface area contributed by atoms with Crippen molar-refractivity contribution >= 4 is 29.0 Å². The number of aromatic nitrogens is 1. The van der Waals surface area contributed by atoms with E-state index < -0.39 is 6.04 Å². The highest BCUT2D eigenvalue weighted by Crippen LogP contribution is 2.32. The zero-order valence-corrected chi connectivity index (χ0v) is 21.4. The predicted octanol–water partition coefficient (Wildman–Crippen LogP) is 3.89. The monoisotopic (exact) mass is 511 g/mol. The Labute approximate surface area is 217 Å². The zero-order valence-electron chi connectivity index (χ0n) is 20.6. The van der Waals surface area contributed by atoms with Crippen LogP contribution in [0.1, 0.15) is 24.1 Å². The number of benzene rings is 3. The van der Waals surface area contributed by atoms with E-state index in [2.05, 4.69) is 10.3 Å². The molecule has 7 nitrogen and oxygen atoms in total. The molecule has 0 saturated heterocycles. The summed E-state index contributed by atoms with van der Waals surface area (Å²) in [6.45, 7) is 1.80. The van der Waals surface area contributed by atoms with E-state index in [1.54, 1.807) is 25.7 Å². The van der Waals surface area contributed by atoms with Crippen molar-refractivity contribution in [2.45, 2.75) is 13.0 Å². The van der Waals surface area contributed by atoms with Gasteiger partial charge in [-0.25, -0.2) is 4.99 Å². The maximum Gasteiger partial charge on any atom is 0.271 e. The molecule has 0 fully saturated rings. The van der Waals surface area contributed by atoms with Crippen molar-refractivity contribution in [3.63, 3.8) is 0 Å². The predicted molar refractivity (Wildman–Crippen MR) is 145 cm³/mol. The Balaban J connectivity index is 1.67. The largest absolute Gasteiger partial charge is 0.497 e. The van der Waals surface area contributed by atoms with Crippen LogP contribution in [0.3, 0.4) is 0 Å². The fourth-order valence-corrected chi connectivity index (χ4v) is 5.36. The summed E-state index contributed by atoms with van der Waals surface area (Å²) < 4.78 is 12.8. The third kappa shape index (κ3) is 4.83. The smallest absolute Gasteiger partial charge is 0.271 e. The number of hydrogen-bond donors (Lipinski definition) is 1.